The summed E-state index contributed by atoms with van der Waals surface area (Å²) in [5, 5.41) is 0.0624. The van der Waals surface area contributed by atoms with Gasteiger partial charge >= 0.3 is 0 Å². The molecule has 0 radical (unpaired) electrons. The lowest BCUT2D eigenvalue weighted by Crippen LogP contribution is -2.47. The van der Waals surface area contributed by atoms with Crippen molar-refractivity contribution in [2.45, 2.75) is 47.1 Å². The number of hydrogen-bond acceptors (Lipinski definition) is 4. The molecule has 1 saturated carbocycles. The van der Waals surface area contributed by atoms with Crippen LogP contribution in [0.3, 0.4) is 0 Å². The fraction of sp³-hybridized carbons (Fsp3) is 0.632. The molecule has 0 saturated heterocycles. The van der Waals surface area contributed by atoms with E-state index in [1.165, 1.54) is 0 Å². The number of hydrogen-bond donors (Lipinski definition) is 1. The van der Waals surface area contributed by atoms with Crippen LogP contribution in [0.5, 0.6) is 5.75 Å². The molecule has 1 aliphatic rings. The van der Waals surface area contributed by atoms with Crippen LogP contribution in [-0.4, -0.2) is 26.7 Å². The maximum absolute atomic E-state index is 14.4. The zero-order valence-electron chi connectivity index (χ0n) is 16.5. The van der Waals surface area contributed by atoms with Gasteiger partial charge < -0.3 is 4.74 Å². The average Bonchev–Trinajstić information content (AvgIpc) is 2.52. The summed E-state index contributed by atoms with van der Waals surface area (Å²) in [6, 6.07) is 2.14. The van der Waals surface area contributed by atoms with Crippen molar-refractivity contribution in [1.29, 1.82) is 0 Å². The largest absolute Gasteiger partial charge is 0.488 e. The number of amides is 1. The first-order valence-corrected chi connectivity index (χ1v) is 11.2. The lowest BCUT2D eigenvalue weighted by atomic mass is 9.59. The van der Waals surface area contributed by atoms with Gasteiger partial charge in [-0.25, -0.2) is 17.5 Å². The Bertz CT molecular complexity index is 840. The highest BCUT2D eigenvalue weighted by atomic mass is 35.5. The molecule has 0 bridgehead atoms. The number of carbonyl (C=O) groups excluding carboxylic acids is 1. The molecule has 1 aliphatic carbocycles. The van der Waals surface area contributed by atoms with Crippen LogP contribution < -0.4 is 9.46 Å². The lowest BCUT2D eigenvalue weighted by molar-refractivity contribution is -0.0411. The van der Waals surface area contributed by atoms with E-state index < -0.39 is 27.3 Å². The van der Waals surface area contributed by atoms with Gasteiger partial charge in [-0.05, 0) is 35.7 Å². The second-order valence-electron chi connectivity index (χ2n) is 8.23. The Balaban J connectivity index is 2.26. The van der Waals surface area contributed by atoms with Crippen LogP contribution >= 0.6 is 11.6 Å². The molecule has 1 amide bonds. The van der Waals surface area contributed by atoms with Crippen LogP contribution in [0, 0.1) is 29.0 Å². The van der Waals surface area contributed by atoms with Crippen molar-refractivity contribution in [1.82, 2.24) is 4.72 Å². The number of benzene rings is 1. The summed E-state index contributed by atoms with van der Waals surface area (Å²) in [6.45, 7) is 11.0. The zero-order chi connectivity index (χ0) is 20.7. The van der Waals surface area contributed by atoms with Crippen molar-refractivity contribution in [2.24, 2.45) is 23.2 Å². The summed E-state index contributed by atoms with van der Waals surface area (Å²) >= 11 is 6.19. The minimum absolute atomic E-state index is 0.0624. The highest BCUT2D eigenvalue weighted by Gasteiger charge is 2.44. The quantitative estimate of drug-likeness (QED) is 0.791. The molecule has 0 aromatic heterocycles. The highest BCUT2D eigenvalue weighted by Crippen LogP contribution is 2.48. The van der Waals surface area contributed by atoms with Gasteiger partial charge in [0.05, 0.1) is 16.8 Å². The predicted octanol–water partition coefficient (Wildman–Crippen LogP) is 4.25. The SMILES string of the molecule is C[C@@H]1[C@@H](C)C(C)(C)[C@@H](C)C[C@H]1Oc1cc(F)c(C(=O)NS(C)(=O)=O)cc1Cl. The summed E-state index contributed by atoms with van der Waals surface area (Å²) in [5.41, 5.74) is -0.278. The van der Waals surface area contributed by atoms with Gasteiger partial charge in [0.2, 0.25) is 10.0 Å². The molecule has 0 spiro atoms. The maximum Gasteiger partial charge on any atom is 0.267 e. The van der Waals surface area contributed by atoms with E-state index in [0.29, 0.717) is 11.8 Å². The van der Waals surface area contributed by atoms with E-state index in [1.54, 1.807) is 4.72 Å². The molecule has 2 rings (SSSR count). The third-order valence-corrected chi connectivity index (χ3v) is 7.08. The Morgan fingerprint density at radius 2 is 1.89 bits per heavy atom. The van der Waals surface area contributed by atoms with Gasteiger partial charge in [0.15, 0.2) is 0 Å². The molecule has 27 heavy (non-hydrogen) atoms. The van der Waals surface area contributed by atoms with Gasteiger partial charge in [-0.1, -0.05) is 46.2 Å². The zero-order valence-corrected chi connectivity index (χ0v) is 18.0. The number of rotatable bonds is 4. The topological polar surface area (TPSA) is 72.5 Å². The fourth-order valence-electron chi connectivity index (χ4n) is 3.65. The number of carbonyl (C=O) groups is 1. The first kappa shape index (κ1) is 22.0. The van der Waals surface area contributed by atoms with Gasteiger partial charge in [-0.2, -0.15) is 0 Å². The predicted molar refractivity (Wildman–Crippen MR) is 104 cm³/mol. The Hall–Kier alpha value is -1.34. The molecular weight excluding hydrogens is 393 g/mol. The molecule has 152 valence electrons. The summed E-state index contributed by atoms with van der Waals surface area (Å²) in [5.74, 6) is -0.754. The van der Waals surface area contributed by atoms with E-state index in [4.69, 9.17) is 16.3 Å². The van der Waals surface area contributed by atoms with Gasteiger partial charge in [-0.15, -0.1) is 0 Å². The Morgan fingerprint density at radius 3 is 2.44 bits per heavy atom. The molecule has 4 atom stereocenters. The van der Waals surface area contributed by atoms with Gasteiger partial charge in [-0.3, -0.25) is 4.79 Å². The third kappa shape index (κ3) is 4.74. The molecule has 1 aromatic rings. The minimum Gasteiger partial charge on any atom is -0.488 e. The second-order valence-corrected chi connectivity index (χ2v) is 10.4. The van der Waals surface area contributed by atoms with E-state index >= 15 is 0 Å². The van der Waals surface area contributed by atoms with Crippen LogP contribution in [0.15, 0.2) is 12.1 Å². The Kier molecular flexibility index (Phi) is 6.17. The lowest BCUT2D eigenvalue weighted by Gasteiger charge is -2.49. The van der Waals surface area contributed by atoms with Gasteiger partial charge in [0, 0.05) is 6.07 Å². The van der Waals surface area contributed by atoms with Crippen molar-refractivity contribution in [3.05, 3.63) is 28.5 Å². The summed E-state index contributed by atoms with van der Waals surface area (Å²) < 4.78 is 44.5. The van der Waals surface area contributed by atoms with Crippen molar-refractivity contribution >= 4 is 27.5 Å². The van der Waals surface area contributed by atoms with Crippen LogP contribution in [0.25, 0.3) is 0 Å². The third-order valence-electron chi connectivity index (χ3n) is 6.23. The minimum atomic E-state index is -3.81. The first-order chi connectivity index (χ1) is 12.2. The first-order valence-electron chi connectivity index (χ1n) is 8.91. The van der Waals surface area contributed by atoms with Crippen molar-refractivity contribution in [3.63, 3.8) is 0 Å². The maximum atomic E-state index is 14.4. The number of halogens is 2. The van der Waals surface area contributed by atoms with Gasteiger partial charge in [0.25, 0.3) is 5.91 Å². The summed E-state index contributed by atoms with van der Waals surface area (Å²) in [4.78, 5) is 11.9. The number of ether oxygens (including phenoxy) is 1. The van der Waals surface area contributed by atoms with Crippen LogP contribution in [0.2, 0.25) is 5.02 Å². The van der Waals surface area contributed by atoms with Crippen LogP contribution in [-0.2, 0) is 10.0 Å². The highest BCUT2D eigenvalue weighted by molar-refractivity contribution is 7.89. The summed E-state index contributed by atoms with van der Waals surface area (Å²) in [7, 11) is -3.81. The van der Waals surface area contributed by atoms with Crippen LogP contribution in [0.4, 0.5) is 4.39 Å². The Morgan fingerprint density at radius 1 is 1.30 bits per heavy atom. The normalized spacial score (nSPS) is 27.9. The average molecular weight is 420 g/mol. The molecule has 1 fully saturated rings. The van der Waals surface area contributed by atoms with Gasteiger partial charge in [0.1, 0.15) is 17.7 Å². The molecule has 1 N–H and O–H groups in total. The monoisotopic (exact) mass is 419 g/mol. The Labute approximate surface area is 165 Å². The standard InChI is InChI=1S/C19H27ClFNO4S/c1-10-7-16(11(2)12(3)19(10,4)5)26-17-9-15(21)13(8-14(17)20)18(23)22-27(6,24)25/h8-12,16H,7H2,1-6H3,(H,22,23)/t10-,11+,12+,16+/m0/s1. The number of sulfonamides is 1. The molecule has 8 heteroatoms. The van der Waals surface area contributed by atoms with E-state index in [1.807, 2.05) is 0 Å². The van der Waals surface area contributed by atoms with Crippen molar-refractivity contribution < 1.29 is 22.3 Å². The molecule has 0 unspecified atom stereocenters. The van der Waals surface area contributed by atoms with Crippen molar-refractivity contribution in [2.75, 3.05) is 6.26 Å². The fourth-order valence-corrected chi connectivity index (χ4v) is 4.30. The molecule has 0 heterocycles. The van der Waals surface area contributed by atoms with Crippen LogP contribution in [0.1, 0.15) is 51.4 Å². The second kappa shape index (κ2) is 7.59. The molecule has 1 aromatic carbocycles. The van der Waals surface area contributed by atoms with Crippen molar-refractivity contribution in [3.8, 4) is 5.75 Å². The van der Waals surface area contributed by atoms with E-state index in [-0.39, 0.29) is 28.2 Å². The summed E-state index contributed by atoms with van der Waals surface area (Å²) in [6.07, 6.45) is 1.50. The van der Waals surface area contributed by atoms with E-state index in [2.05, 4.69) is 34.6 Å². The smallest absolute Gasteiger partial charge is 0.267 e. The molecular formula is C19H27ClFNO4S. The number of nitrogens with one attached hydrogen (secondary N) is 1. The van der Waals surface area contributed by atoms with E-state index in [0.717, 1.165) is 24.8 Å². The molecule has 5 nitrogen and oxygen atoms in total. The molecule has 0 aliphatic heterocycles. The van der Waals surface area contributed by atoms with E-state index in [9.17, 15) is 17.6 Å².